The maximum Gasteiger partial charge on any atom is 0.308 e. The van der Waals surface area contributed by atoms with Crippen LogP contribution in [0.15, 0.2) is 18.2 Å². The summed E-state index contributed by atoms with van der Waals surface area (Å²) >= 11 is 0. The number of nitrogens with two attached hydrogens (primary N) is 1. The quantitative estimate of drug-likeness (QED) is 0.670. The lowest BCUT2D eigenvalue weighted by molar-refractivity contribution is -0.132. The van der Waals surface area contributed by atoms with E-state index in [4.69, 9.17) is 15.2 Å². The lowest BCUT2D eigenvalue weighted by Gasteiger charge is -2.20. The van der Waals surface area contributed by atoms with E-state index in [9.17, 15) is 4.79 Å². The van der Waals surface area contributed by atoms with Gasteiger partial charge in [0.15, 0.2) is 11.5 Å². The summed E-state index contributed by atoms with van der Waals surface area (Å²) in [6, 6.07) is 5.58. The van der Waals surface area contributed by atoms with Crippen molar-refractivity contribution in [3.63, 3.8) is 0 Å². The predicted molar refractivity (Wildman–Crippen MR) is 73.2 cm³/mol. The summed E-state index contributed by atoms with van der Waals surface area (Å²) in [4.78, 5) is 11.0. The van der Waals surface area contributed by atoms with Crippen LogP contribution in [0.3, 0.4) is 0 Å². The fourth-order valence-electron chi connectivity index (χ4n) is 2.72. The number of esters is 1. The smallest absolute Gasteiger partial charge is 0.308 e. The Morgan fingerprint density at radius 1 is 1.32 bits per heavy atom. The molecule has 1 aromatic carbocycles. The molecule has 1 fully saturated rings. The van der Waals surface area contributed by atoms with E-state index in [0.717, 1.165) is 5.56 Å². The minimum atomic E-state index is -0.355. The number of ether oxygens (including phenoxy) is 2. The van der Waals surface area contributed by atoms with E-state index in [1.807, 2.05) is 12.1 Å². The molecule has 0 aromatic heterocycles. The van der Waals surface area contributed by atoms with Gasteiger partial charge in [-0.1, -0.05) is 18.9 Å². The molecule has 0 spiro atoms. The Hall–Kier alpha value is -1.55. The van der Waals surface area contributed by atoms with Gasteiger partial charge in [-0.25, -0.2) is 0 Å². The minimum Gasteiger partial charge on any atom is -0.493 e. The van der Waals surface area contributed by atoms with Gasteiger partial charge in [0.1, 0.15) is 0 Å². The van der Waals surface area contributed by atoms with Crippen molar-refractivity contribution in [3.05, 3.63) is 23.8 Å². The van der Waals surface area contributed by atoms with Gasteiger partial charge >= 0.3 is 5.97 Å². The standard InChI is InChI=1S/C15H21NO3/c1-10(17)19-13-8-7-12(9-14(13)18-2)15(16)11-5-3-4-6-11/h7-9,11,15H,3-6,16H2,1-2H3/t15-/m1/s1. The maximum atomic E-state index is 11.0. The molecule has 2 rings (SSSR count). The Morgan fingerprint density at radius 3 is 2.58 bits per heavy atom. The molecule has 19 heavy (non-hydrogen) atoms. The van der Waals surface area contributed by atoms with Gasteiger partial charge in [0, 0.05) is 13.0 Å². The highest BCUT2D eigenvalue weighted by molar-refractivity contribution is 5.70. The summed E-state index contributed by atoms with van der Waals surface area (Å²) in [5.41, 5.74) is 7.35. The molecule has 1 aliphatic rings. The maximum absolute atomic E-state index is 11.0. The van der Waals surface area contributed by atoms with E-state index in [-0.39, 0.29) is 12.0 Å². The predicted octanol–water partition coefficient (Wildman–Crippen LogP) is 2.81. The summed E-state index contributed by atoms with van der Waals surface area (Å²) in [5.74, 6) is 1.19. The van der Waals surface area contributed by atoms with Crippen LogP contribution in [-0.4, -0.2) is 13.1 Å². The zero-order valence-electron chi connectivity index (χ0n) is 11.5. The van der Waals surface area contributed by atoms with Crippen LogP contribution in [0.25, 0.3) is 0 Å². The molecule has 0 heterocycles. The summed E-state index contributed by atoms with van der Waals surface area (Å²) in [7, 11) is 1.56. The van der Waals surface area contributed by atoms with Crippen LogP contribution in [0.4, 0.5) is 0 Å². The summed E-state index contributed by atoms with van der Waals surface area (Å²) in [6.45, 7) is 1.37. The zero-order valence-corrected chi connectivity index (χ0v) is 11.5. The molecule has 2 N–H and O–H groups in total. The first kappa shape index (κ1) is 13.9. The third-order valence-electron chi connectivity index (χ3n) is 3.73. The van der Waals surface area contributed by atoms with E-state index in [2.05, 4.69) is 0 Å². The van der Waals surface area contributed by atoms with Gasteiger partial charge in [-0.05, 0) is 36.5 Å². The fourth-order valence-corrected chi connectivity index (χ4v) is 2.72. The van der Waals surface area contributed by atoms with Crippen LogP contribution in [0, 0.1) is 5.92 Å². The largest absolute Gasteiger partial charge is 0.493 e. The Balaban J connectivity index is 2.20. The first-order chi connectivity index (χ1) is 9.11. The Labute approximate surface area is 113 Å². The van der Waals surface area contributed by atoms with Gasteiger partial charge in [-0.2, -0.15) is 0 Å². The third kappa shape index (κ3) is 3.26. The van der Waals surface area contributed by atoms with E-state index in [1.165, 1.54) is 32.6 Å². The third-order valence-corrected chi connectivity index (χ3v) is 3.73. The highest BCUT2D eigenvalue weighted by Gasteiger charge is 2.24. The van der Waals surface area contributed by atoms with Gasteiger partial charge in [-0.15, -0.1) is 0 Å². The van der Waals surface area contributed by atoms with Gasteiger partial charge in [0.2, 0.25) is 0 Å². The molecule has 4 heteroatoms. The Kier molecular flexibility index (Phi) is 4.43. The second-order valence-electron chi connectivity index (χ2n) is 5.07. The van der Waals surface area contributed by atoms with Crippen LogP contribution in [0.2, 0.25) is 0 Å². The van der Waals surface area contributed by atoms with Crippen LogP contribution in [0.1, 0.15) is 44.2 Å². The average molecular weight is 263 g/mol. The van der Waals surface area contributed by atoms with Crippen LogP contribution >= 0.6 is 0 Å². The number of carbonyl (C=O) groups excluding carboxylic acids is 1. The molecule has 1 atom stereocenters. The summed E-state index contributed by atoms with van der Waals surface area (Å²) in [5, 5.41) is 0. The van der Waals surface area contributed by atoms with Gasteiger partial charge < -0.3 is 15.2 Å². The van der Waals surface area contributed by atoms with Crippen molar-refractivity contribution < 1.29 is 14.3 Å². The highest BCUT2D eigenvalue weighted by atomic mass is 16.6. The monoisotopic (exact) mass is 263 g/mol. The molecule has 4 nitrogen and oxygen atoms in total. The van der Waals surface area contributed by atoms with Crippen molar-refractivity contribution in [1.82, 2.24) is 0 Å². The van der Waals surface area contributed by atoms with Gasteiger partial charge in [0.05, 0.1) is 7.11 Å². The molecular formula is C15H21NO3. The van der Waals surface area contributed by atoms with Gasteiger partial charge in [-0.3, -0.25) is 4.79 Å². The molecule has 0 unspecified atom stereocenters. The van der Waals surface area contributed by atoms with Crippen LogP contribution < -0.4 is 15.2 Å². The topological polar surface area (TPSA) is 61.6 Å². The van der Waals surface area contributed by atoms with E-state index in [1.54, 1.807) is 13.2 Å². The lowest BCUT2D eigenvalue weighted by atomic mass is 9.92. The first-order valence-corrected chi connectivity index (χ1v) is 6.73. The Morgan fingerprint density at radius 2 is 2.00 bits per heavy atom. The number of methoxy groups -OCH3 is 1. The highest BCUT2D eigenvalue weighted by Crippen LogP contribution is 2.37. The van der Waals surface area contributed by atoms with E-state index >= 15 is 0 Å². The van der Waals surface area contributed by atoms with Crippen molar-refractivity contribution >= 4 is 5.97 Å². The molecule has 1 saturated carbocycles. The molecule has 0 bridgehead atoms. The summed E-state index contributed by atoms with van der Waals surface area (Å²) < 4.78 is 10.4. The Bertz CT molecular complexity index is 453. The van der Waals surface area contributed by atoms with Crippen molar-refractivity contribution in [3.8, 4) is 11.5 Å². The zero-order chi connectivity index (χ0) is 13.8. The first-order valence-electron chi connectivity index (χ1n) is 6.73. The van der Waals surface area contributed by atoms with Crippen LogP contribution in [0.5, 0.6) is 11.5 Å². The molecule has 1 aromatic rings. The molecule has 104 valence electrons. The van der Waals surface area contributed by atoms with Crippen molar-refractivity contribution in [2.75, 3.05) is 7.11 Å². The minimum absolute atomic E-state index is 0.0304. The number of rotatable bonds is 4. The molecule has 0 aliphatic heterocycles. The van der Waals surface area contributed by atoms with Crippen molar-refractivity contribution in [2.45, 2.75) is 38.6 Å². The fraction of sp³-hybridized carbons (Fsp3) is 0.533. The van der Waals surface area contributed by atoms with E-state index < -0.39 is 0 Å². The lowest BCUT2D eigenvalue weighted by Crippen LogP contribution is -2.19. The normalized spacial score (nSPS) is 17.2. The molecule has 0 radical (unpaired) electrons. The van der Waals surface area contributed by atoms with Gasteiger partial charge in [0.25, 0.3) is 0 Å². The molecule has 0 amide bonds. The molecular weight excluding hydrogens is 242 g/mol. The second-order valence-corrected chi connectivity index (χ2v) is 5.07. The van der Waals surface area contributed by atoms with Crippen molar-refractivity contribution in [1.29, 1.82) is 0 Å². The number of hydrogen-bond acceptors (Lipinski definition) is 4. The summed E-state index contributed by atoms with van der Waals surface area (Å²) in [6.07, 6.45) is 4.91. The SMILES string of the molecule is COc1cc([C@H](N)C2CCCC2)ccc1OC(C)=O. The molecule has 0 saturated heterocycles. The van der Waals surface area contributed by atoms with Crippen molar-refractivity contribution in [2.24, 2.45) is 11.7 Å². The molecule has 1 aliphatic carbocycles. The number of carbonyl (C=O) groups is 1. The van der Waals surface area contributed by atoms with Crippen LogP contribution in [-0.2, 0) is 4.79 Å². The number of hydrogen-bond donors (Lipinski definition) is 1. The average Bonchev–Trinajstić information content (AvgIpc) is 2.91. The van der Waals surface area contributed by atoms with E-state index in [0.29, 0.717) is 17.4 Å². The second kappa shape index (κ2) is 6.06. The number of benzene rings is 1.